The fourth-order valence-corrected chi connectivity index (χ4v) is 4.75. The van der Waals surface area contributed by atoms with Gasteiger partial charge in [0.05, 0.1) is 18.8 Å². The molecule has 8 nitrogen and oxygen atoms in total. The first-order chi connectivity index (χ1) is 16.7. The van der Waals surface area contributed by atoms with Crippen LogP contribution in [0.3, 0.4) is 0 Å². The van der Waals surface area contributed by atoms with Crippen molar-refractivity contribution in [2.24, 2.45) is 5.92 Å². The summed E-state index contributed by atoms with van der Waals surface area (Å²) in [6.45, 7) is 2.06. The lowest BCUT2D eigenvalue weighted by Crippen LogP contribution is -2.38. The third-order valence-corrected chi connectivity index (χ3v) is 7.08. The molecule has 1 aliphatic heterocycles. The van der Waals surface area contributed by atoms with Crippen molar-refractivity contribution >= 4 is 58.2 Å². The Morgan fingerprint density at radius 3 is 2.40 bits per heavy atom. The van der Waals surface area contributed by atoms with Gasteiger partial charge < -0.3 is 19.9 Å². The first kappa shape index (κ1) is 26.2. The maximum atomic E-state index is 11.9. The molecular weight excluding hydrogens is 535 g/mol. The fraction of sp³-hybridized carbons (Fsp3) is 0.348. The average molecular weight is 558 g/mol. The number of alkyl halides is 3. The van der Waals surface area contributed by atoms with E-state index in [2.05, 4.69) is 27.4 Å². The van der Waals surface area contributed by atoms with Crippen molar-refractivity contribution in [1.82, 2.24) is 15.2 Å². The Kier molecular flexibility index (Phi) is 8.59. The summed E-state index contributed by atoms with van der Waals surface area (Å²) in [5.74, 6) is -0.0756. The molecule has 1 aromatic heterocycles. The number of anilines is 1. The minimum atomic E-state index is -2.06. The minimum absolute atomic E-state index is 0.0231. The number of hydrogen-bond acceptors (Lipinski definition) is 7. The van der Waals surface area contributed by atoms with Crippen LogP contribution in [0.4, 0.5) is 5.69 Å². The summed E-state index contributed by atoms with van der Waals surface area (Å²) < 4.78 is 10.7. The zero-order valence-electron chi connectivity index (χ0n) is 18.5. The molecule has 3 N–H and O–H groups in total. The van der Waals surface area contributed by atoms with Crippen LogP contribution in [0.2, 0.25) is 0 Å². The van der Waals surface area contributed by atoms with Gasteiger partial charge in [-0.25, -0.2) is 4.98 Å². The minimum Gasteiger partial charge on any atom is -0.392 e. The maximum Gasteiger partial charge on any atom is 0.276 e. The summed E-state index contributed by atoms with van der Waals surface area (Å²) in [5, 5.41) is 19.4. The largest absolute Gasteiger partial charge is 0.392 e. The van der Waals surface area contributed by atoms with E-state index < -0.39 is 16.0 Å². The zero-order valence-corrected chi connectivity index (χ0v) is 21.6. The lowest BCUT2D eigenvalue weighted by molar-refractivity contribution is -0.268. The smallest absolute Gasteiger partial charge is 0.276 e. The first-order valence-electron chi connectivity index (χ1n) is 10.7. The molecule has 0 aliphatic carbocycles. The highest BCUT2D eigenvalue weighted by molar-refractivity contribution is 7.99. The van der Waals surface area contributed by atoms with Crippen LogP contribution in [0.5, 0.6) is 0 Å². The molecule has 3 aromatic rings. The van der Waals surface area contributed by atoms with E-state index in [9.17, 15) is 9.90 Å². The molecule has 35 heavy (non-hydrogen) atoms. The van der Waals surface area contributed by atoms with Crippen molar-refractivity contribution in [2.45, 2.75) is 41.0 Å². The van der Waals surface area contributed by atoms with Crippen molar-refractivity contribution in [3.05, 3.63) is 71.5 Å². The quantitative estimate of drug-likeness (QED) is 0.271. The molecule has 0 radical (unpaired) electrons. The van der Waals surface area contributed by atoms with E-state index >= 15 is 0 Å². The number of benzene rings is 2. The number of nitrogens with one attached hydrogen (secondary N) is 2. The van der Waals surface area contributed by atoms with Gasteiger partial charge in [-0.1, -0.05) is 89.9 Å². The SMILES string of the molecule is C[C@H]1[C@@H](CSc2ncn[nH]2)O[C@@H](c2ccc(NC(=O)C(Cl)(Cl)Cl)cc2)O[C@H]1c1ccc(CO)cc1. The molecule has 2 heterocycles. The second-order valence-corrected chi connectivity index (χ2v) is 11.3. The molecule has 186 valence electrons. The van der Waals surface area contributed by atoms with Crippen molar-refractivity contribution in [3.63, 3.8) is 0 Å². The second-order valence-electron chi connectivity index (χ2n) is 8.00. The van der Waals surface area contributed by atoms with Gasteiger partial charge in [0.25, 0.3) is 9.70 Å². The summed E-state index contributed by atoms with van der Waals surface area (Å²) in [6.07, 6.45) is 0.418. The van der Waals surface area contributed by atoms with Gasteiger partial charge in [0.1, 0.15) is 6.33 Å². The van der Waals surface area contributed by atoms with Gasteiger partial charge in [-0.15, -0.1) is 0 Å². The fourth-order valence-electron chi connectivity index (χ4n) is 3.66. The van der Waals surface area contributed by atoms with Gasteiger partial charge >= 0.3 is 0 Å². The Hall–Kier alpha value is -1.85. The maximum absolute atomic E-state index is 11.9. The normalized spacial score (nSPS) is 22.7. The van der Waals surface area contributed by atoms with E-state index in [0.29, 0.717) is 16.6 Å². The molecule has 12 heteroatoms. The molecule has 4 atom stereocenters. The first-order valence-corrected chi connectivity index (χ1v) is 12.8. The Labute approximate surface area is 221 Å². The lowest BCUT2D eigenvalue weighted by Gasteiger charge is -2.41. The highest BCUT2D eigenvalue weighted by atomic mass is 35.6. The van der Waals surface area contributed by atoms with Crippen LogP contribution in [0.1, 0.15) is 36.0 Å². The van der Waals surface area contributed by atoms with E-state index in [4.69, 9.17) is 44.3 Å². The second kappa shape index (κ2) is 11.5. The number of thioether (sulfide) groups is 1. The standard InChI is InChI=1S/C23H23Cl3N4O4S/c1-13-18(11-35-22-27-12-28-30-22)33-20(34-19(13)15-4-2-14(10-31)3-5-15)16-6-8-17(9-7-16)29-21(32)23(24,25)26/h2-9,12-13,18-20,31H,10-11H2,1H3,(H,29,32)(H,27,28,30)/t13-,18+,19+,20+/m0/s1. The summed E-state index contributed by atoms with van der Waals surface area (Å²) in [6, 6.07) is 14.7. The molecule has 2 aromatic carbocycles. The summed E-state index contributed by atoms with van der Waals surface area (Å²) in [5.41, 5.74) is 3.07. The highest BCUT2D eigenvalue weighted by Crippen LogP contribution is 2.43. The van der Waals surface area contributed by atoms with Gasteiger partial charge in [-0.3, -0.25) is 9.89 Å². The Bertz CT molecular complexity index is 1110. The monoisotopic (exact) mass is 556 g/mol. The molecule has 4 rings (SSSR count). The molecule has 1 aliphatic rings. The topological polar surface area (TPSA) is 109 Å². The lowest BCUT2D eigenvalue weighted by atomic mass is 9.91. The third kappa shape index (κ3) is 6.68. The number of halogens is 3. The zero-order chi connectivity index (χ0) is 25.0. The van der Waals surface area contributed by atoms with Crippen LogP contribution in [0.25, 0.3) is 0 Å². The molecule has 1 fully saturated rings. The predicted octanol–water partition coefficient (Wildman–Crippen LogP) is 5.19. The van der Waals surface area contributed by atoms with Crippen LogP contribution in [0, 0.1) is 5.92 Å². The molecular formula is C23H23Cl3N4O4S. The number of aliphatic hydroxyl groups excluding tert-OH is 1. The molecule has 1 amide bonds. The van der Waals surface area contributed by atoms with E-state index in [0.717, 1.165) is 16.7 Å². The van der Waals surface area contributed by atoms with E-state index in [1.165, 1.54) is 18.1 Å². The van der Waals surface area contributed by atoms with Gasteiger partial charge in [-0.05, 0) is 23.3 Å². The van der Waals surface area contributed by atoms with Crippen molar-refractivity contribution < 1.29 is 19.4 Å². The number of aromatic amines is 1. The van der Waals surface area contributed by atoms with E-state index in [1.54, 1.807) is 24.3 Å². The predicted molar refractivity (Wildman–Crippen MR) is 135 cm³/mol. The average Bonchev–Trinajstić information content (AvgIpc) is 3.37. The molecule has 0 spiro atoms. The number of ether oxygens (including phenoxy) is 2. The van der Waals surface area contributed by atoms with E-state index in [-0.39, 0.29) is 24.7 Å². The number of aromatic nitrogens is 3. The number of amides is 1. The Balaban J connectivity index is 1.54. The van der Waals surface area contributed by atoms with Crippen LogP contribution in [-0.4, -0.2) is 41.8 Å². The molecule has 0 unspecified atom stereocenters. The van der Waals surface area contributed by atoms with Crippen LogP contribution < -0.4 is 5.32 Å². The summed E-state index contributed by atoms with van der Waals surface area (Å²) in [4.78, 5) is 16.1. The number of aliphatic hydroxyl groups is 1. The number of rotatable bonds is 7. The van der Waals surface area contributed by atoms with E-state index in [1.807, 2.05) is 24.3 Å². The third-order valence-electron chi connectivity index (χ3n) is 5.60. The molecule has 0 saturated carbocycles. The summed E-state index contributed by atoms with van der Waals surface area (Å²) in [7, 11) is 0. The van der Waals surface area contributed by atoms with Crippen molar-refractivity contribution in [1.29, 1.82) is 0 Å². The van der Waals surface area contributed by atoms with Gasteiger partial charge in [0.15, 0.2) is 11.4 Å². The summed E-state index contributed by atoms with van der Waals surface area (Å²) >= 11 is 18.4. The molecule has 1 saturated heterocycles. The van der Waals surface area contributed by atoms with Gasteiger partial charge in [0, 0.05) is 22.9 Å². The van der Waals surface area contributed by atoms with Crippen LogP contribution in [-0.2, 0) is 20.9 Å². The highest BCUT2D eigenvalue weighted by Gasteiger charge is 2.38. The number of nitrogens with zero attached hydrogens (tertiary/aromatic N) is 2. The van der Waals surface area contributed by atoms with Crippen LogP contribution in [0.15, 0.2) is 60.0 Å². The molecule has 0 bridgehead atoms. The van der Waals surface area contributed by atoms with Crippen molar-refractivity contribution in [3.8, 4) is 0 Å². The van der Waals surface area contributed by atoms with Gasteiger partial charge in [-0.2, -0.15) is 5.10 Å². The Morgan fingerprint density at radius 1 is 1.11 bits per heavy atom. The van der Waals surface area contributed by atoms with Gasteiger partial charge in [0.2, 0.25) is 0 Å². The van der Waals surface area contributed by atoms with Crippen molar-refractivity contribution in [2.75, 3.05) is 11.1 Å². The number of H-pyrrole nitrogens is 1. The number of carbonyl (C=O) groups excluding carboxylic acids is 1. The number of carbonyl (C=O) groups is 1. The number of hydrogen-bond donors (Lipinski definition) is 3. The van der Waals surface area contributed by atoms with Crippen LogP contribution >= 0.6 is 46.6 Å². The Morgan fingerprint density at radius 2 is 1.80 bits per heavy atom.